The molecule has 6 aromatic rings. The fraction of sp³-hybridized carbons (Fsp3) is 0.171. The fourth-order valence-corrected chi connectivity index (χ4v) is 7.84. The van der Waals surface area contributed by atoms with Crippen LogP contribution in [-0.4, -0.2) is 48.2 Å². The quantitative estimate of drug-likeness (QED) is 0.165. The molecule has 2 heterocycles. The molecule has 7 heteroatoms. The van der Waals surface area contributed by atoms with E-state index in [0.717, 1.165) is 63.9 Å². The van der Waals surface area contributed by atoms with Gasteiger partial charge in [-0.05, 0) is 46.5 Å². The van der Waals surface area contributed by atoms with Gasteiger partial charge in [-0.3, -0.25) is 4.79 Å². The van der Waals surface area contributed by atoms with Crippen molar-refractivity contribution in [1.82, 2.24) is 0 Å². The van der Waals surface area contributed by atoms with Crippen molar-refractivity contribution in [2.24, 2.45) is 0 Å². The van der Waals surface area contributed by atoms with Crippen LogP contribution in [0.5, 0.6) is 11.5 Å². The average molecular weight is 593 g/mol. The Morgan fingerprint density at radius 2 is 0.976 bits per heavy atom. The summed E-state index contributed by atoms with van der Waals surface area (Å²) in [6.07, 6.45) is 0. The van der Waals surface area contributed by atoms with E-state index in [9.17, 15) is 0 Å². The van der Waals surface area contributed by atoms with Gasteiger partial charge in [0.25, 0.3) is 0 Å². The summed E-state index contributed by atoms with van der Waals surface area (Å²) in [5.74, 6) is 1.53. The highest BCUT2D eigenvalue weighted by Crippen LogP contribution is 2.50. The van der Waals surface area contributed by atoms with Gasteiger partial charge in [-0.1, -0.05) is 60.7 Å². The largest absolute Gasteiger partial charge is 0.497 e. The van der Waals surface area contributed by atoms with Crippen molar-refractivity contribution in [3.8, 4) is 33.8 Å². The number of methoxy groups -OCH3 is 2. The van der Waals surface area contributed by atoms with Crippen LogP contribution in [0.25, 0.3) is 42.4 Å². The van der Waals surface area contributed by atoms with E-state index in [1.54, 1.807) is 36.9 Å². The molecule has 212 valence electrons. The lowest BCUT2D eigenvalue weighted by atomic mass is 9.91. The molecule has 0 saturated carbocycles. The van der Waals surface area contributed by atoms with Crippen molar-refractivity contribution in [1.29, 1.82) is 0 Å². The Bertz CT molecular complexity index is 1780. The van der Waals surface area contributed by atoms with Crippen molar-refractivity contribution in [3.05, 3.63) is 96.1 Å². The van der Waals surface area contributed by atoms with Crippen LogP contribution in [-0.2, 0) is 0 Å². The molecule has 0 fully saturated rings. The number of nitrogens with zero attached hydrogens (tertiary/aromatic N) is 2. The maximum atomic E-state index is 15.2. The normalized spacial score (nSPS) is 11.2. The molecule has 0 spiro atoms. The molecule has 0 bridgehead atoms. The Labute approximate surface area is 254 Å². The van der Waals surface area contributed by atoms with Crippen molar-refractivity contribution in [3.63, 3.8) is 0 Å². The first kappa shape index (κ1) is 27.8. The van der Waals surface area contributed by atoms with E-state index in [-0.39, 0.29) is 5.78 Å². The van der Waals surface area contributed by atoms with Gasteiger partial charge in [0.15, 0.2) is 5.78 Å². The summed E-state index contributed by atoms with van der Waals surface area (Å²) in [6.45, 7) is 0. The van der Waals surface area contributed by atoms with Crippen molar-refractivity contribution in [2.75, 3.05) is 52.2 Å². The summed E-state index contributed by atoms with van der Waals surface area (Å²) in [5.41, 5.74) is 5.45. The molecule has 0 saturated heterocycles. The van der Waals surface area contributed by atoms with E-state index in [1.807, 2.05) is 98.7 Å². The number of carbonyl (C=O) groups excluding carboxylic acids is 1. The first-order chi connectivity index (χ1) is 20.3. The third-order valence-electron chi connectivity index (χ3n) is 7.40. The zero-order valence-electron chi connectivity index (χ0n) is 24.5. The van der Waals surface area contributed by atoms with Gasteiger partial charge in [0.2, 0.25) is 0 Å². The molecule has 5 nitrogen and oxygen atoms in total. The molecule has 0 amide bonds. The Morgan fingerprint density at radius 1 is 0.595 bits per heavy atom. The molecule has 0 unspecified atom stereocenters. The molecule has 0 atom stereocenters. The number of hydrogen-bond acceptors (Lipinski definition) is 7. The van der Waals surface area contributed by atoms with Crippen LogP contribution in [0.15, 0.2) is 84.9 Å². The fourth-order valence-electron chi connectivity index (χ4n) is 5.48. The van der Waals surface area contributed by atoms with Crippen molar-refractivity contribution >= 4 is 58.6 Å². The van der Waals surface area contributed by atoms with E-state index in [1.165, 1.54) is 0 Å². The van der Waals surface area contributed by atoms with Gasteiger partial charge in [-0.15, -0.1) is 22.7 Å². The second kappa shape index (κ2) is 11.2. The Kier molecular flexibility index (Phi) is 7.39. The number of hydrogen-bond donors (Lipinski definition) is 0. The molecule has 6 rings (SSSR count). The molecule has 0 radical (unpaired) electrons. The SMILES string of the molecule is COc1cc(-c2ccccc2)c2c(C(=O)c3c(N(C)C)sc4cc(OC)cc(-c5ccccc5)c34)c(N(C)C)sc2c1. The first-order valence-electron chi connectivity index (χ1n) is 13.6. The van der Waals surface area contributed by atoms with E-state index in [0.29, 0.717) is 11.1 Å². The van der Waals surface area contributed by atoms with Crippen LogP contribution in [0.3, 0.4) is 0 Å². The minimum Gasteiger partial charge on any atom is -0.497 e. The zero-order chi connectivity index (χ0) is 29.5. The molecular formula is C35H32N2O3S2. The standard InChI is InChI=1S/C35H32N2O3S2/c1-36(2)34-31(29-25(21-13-9-7-10-14-21)17-23(39-5)19-27(29)41-34)33(38)32-30-26(22-15-11-8-12-16-22)18-24(40-6)20-28(30)42-35(32)37(3)4/h7-20H,1-6H3. The van der Waals surface area contributed by atoms with E-state index in [2.05, 4.69) is 24.3 Å². The summed E-state index contributed by atoms with van der Waals surface area (Å²) in [4.78, 5) is 19.3. The van der Waals surface area contributed by atoms with E-state index in [4.69, 9.17) is 9.47 Å². The van der Waals surface area contributed by atoms with Crippen LogP contribution in [0.4, 0.5) is 10.0 Å². The van der Waals surface area contributed by atoms with Gasteiger partial charge in [0.05, 0.1) is 25.3 Å². The summed E-state index contributed by atoms with van der Waals surface area (Å²) >= 11 is 3.23. The second-order valence-corrected chi connectivity index (χ2v) is 12.6. The number of ketones is 1. The van der Waals surface area contributed by atoms with Gasteiger partial charge in [0.1, 0.15) is 21.5 Å². The third kappa shape index (κ3) is 4.68. The first-order valence-corrected chi connectivity index (χ1v) is 15.2. The van der Waals surface area contributed by atoms with Crippen LogP contribution in [0, 0.1) is 0 Å². The number of carbonyl (C=O) groups is 1. The summed E-state index contributed by atoms with van der Waals surface area (Å²) in [5, 5.41) is 3.72. The zero-order valence-corrected chi connectivity index (χ0v) is 26.2. The highest BCUT2D eigenvalue weighted by Gasteiger charge is 2.31. The van der Waals surface area contributed by atoms with Crippen molar-refractivity contribution in [2.45, 2.75) is 0 Å². The topological polar surface area (TPSA) is 42.0 Å². The highest BCUT2D eigenvalue weighted by atomic mass is 32.1. The lowest BCUT2D eigenvalue weighted by molar-refractivity contribution is 0.104. The maximum absolute atomic E-state index is 15.2. The van der Waals surface area contributed by atoms with Gasteiger partial charge >= 0.3 is 0 Å². The smallest absolute Gasteiger partial charge is 0.200 e. The summed E-state index contributed by atoms with van der Waals surface area (Å²) < 4.78 is 13.4. The van der Waals surface area contributed by atoms with Gasteiger partial charge in [-0.2, -0.15) is 0 Å². The Morgan fingerprint density at radius 3 is 1.31 bits per heavy atom. The Balaban J connectivity index is 1.73. The predicted molar refractivity (Wildman–Crippen MR) is 180 cm³/mol. The number of thiophene rings is 2. The minimum atomic E-state index is 0.00426. The number of benzene rings is 4. The highest BCUT2D eigenvalue weighted by molar-refractivity contribution is 7.24. The molecule has 2 aromatic heterocycles. The number of fused-ring (bicyclic) bond motifs is 2. The molecule has 4 aromatic carbocycles. The number of rotatable bonds is 8. The third-order valence-corrected chi connectivity index (χ3v) is 10.0. The van der Waals surface area contributed by atoms with Gasteiger partial charge in [0, 0.05) is 48.4 Å². The van der Waals surface area contributed by atoms with Crippen molar-refractivity contribution < 1.29 is 14.3 Å². The number of anilines is 2. The maximum Gasteiger partial charge on any atom is 0.200 e. The predicted octanol–water partition coefficient (Wildman–Crippen LogP) is 8.83. The minimum absolute atomic E-state index is 0.00426. The molecule has 0 aliphatic heterocycles. The van der Waals surface area contributed by atoms with Gasteiger partial charge < -0.3 is 19.3 Å². The molecule has 42 heavy (non-hydrogen) atoms. The number of ether oxygens (including phenoxy) is 2. The lowest BCUT2D eigenvalue weighted by Gasteiger charge is -2.17. The van der Waals surface area contributed by atoms with Crippen LogP contribution in [0.2, 0.25) is 0 Å². The van der Waals surface area contributed by atoms with Gasteiger partial charge in [-0.25, -0.2) is 0 Å². The van der Waals surface area contributed by atoms with Crippen LogP contribution >= 0.6 is 22.7 Å². The molecule has 0 aliphatic carbocycles. The van der Waals surface area contributed by atoms with Crippen LogP contribution in [0.1, 0.15) is 15.9 Å². The summed E-state index contributed by atoms with van der Waals surface area (Å²) in [6, 6.07) is 28.6. The molecular weight excluding hydrogens is 561 g/mol. The van der Waals surface area contributed by atoms with E-state index >= 15 is 4.79 Å². The van der Waals surface area contributed by atoms with E-state index < -0.39 is 0 Å². The van der Waals surface area contributed by atoms with Crippen LogP contribution < -0.4 is 19.3 Å². The second-order valence-electron chi connectivity index (χ2n) is 10.5. The average Bonchev–Trinajstić information content (AvgIpc) is 3.60. The lowest BCUT2D eigenvalue weighted by Crippen LogP contribution is -2.15. The molecule has 0 N–H and O–H groups in total. The Hall–Kier alpha value is -4.33. The molecule has 0 aliphatic rings. The summed E-state index contributed by atoms with van der Waals surface area (Å²) in [7, 11) is 11.4. The monoisotopic (exact) mass is 592 g/mol.